The third kappa shape index (κ3) is 3.17. The van der Waals surface area contributed by atoms with Crippen LogP contribution in [0.1, 0.15) is 43.5 Å². The van der Waals surface area contributed by atoms with Crippen molar-refractivity contribution < 1.29 is 4.74 Å². The van der Waals surface area contributed by atoms with E-state index in [9.17, 15) is 0 Å². The van der Waals surface area contributed by atoms with Crippen molar-refractivity contribution in [3.05, 3.63) is 28.2 Å². The molecule has 0 amide bonds. The standard InChI is InChI=1S/C14H18BrClO/c1-2-17-11-7-8-12(13(15)9-11)14(16)10-5-3-4-6-10/h7-10,14H,2-6H2,1H3. The Bertz CT molecular complexity index is 374. The van der Waals surface area contributed by atoms with Crippen LogP contribution in [0.2, 0.25) is 0 Å². The van der Waals surface area contributed by atoms with Gasteiger partial charge < -0.3 is 4.74 Å². The molecule has 1 aliphatic carbocycles. The molecule has 1 atom stereocenters. The molecule has 0 aliphatic heterocycles. The highest BCUT2D eigenvalue weighted by molar-refractivity contribution is 9.10. The van der Waals surface area contributed by atoms with E-state index >= 15 is 0 Å². The minimum atomic E-state index is 0.127. The highest BCUT2D eigenvalue weighted by Crippen LogP contribution is 2.42. The first-order chi connectivity index (χ1) is 8.22. The Kier molecular flexibility index (Phi) is 4.75. The number of alkyl halides is 1. The van der Waals surface area contributed by atoms with Crippen LogP contribution in [0, 0.1) is 5.92 Å². The second-order valence-electron chi connectivity index (χ2n) is 4.56. The van der Waals surface area contributed by atoms with E-state index in [4.69, 9.17) is 16.3 Å². The topological polar surface area (TPSA) is 9.23 Å². The molecule has 1 saturated carbocycles. The molecule has 1 aromatic carbocycles. The maximum atomic E-state index is 6.58. The predicted molar refractivity (Wildman–Crippen MR) is 75.9 cm³/mol. The van der Waals surface area contributed by atoms with Crippen LogP contribution < -0.4 is 4.74 Å². The quantitative estimate of drug-likeness (QED) is 0.683. The summed E-state index contributed by atoms with van der Waals surface area (Å²) in [5.74, 6) is 1.53. The molecule has 1 unspecified atom stereocenters. The Balaban J connectivity index is 2.14. The van der Waals surface area contributed by atoms with Gasteiger partial charge in [0, 0.05) is 4.47 Å². The van der Waals surface area contributed by atoms with Gasteiger partial charge in [-0.3, -0.25) is 0 Å². The maximum Gasteiger partial charge on any atom is 0.120 e. The van der Waals surface area contributed by atoms with Crippen LogP contribution in [0.4, 0.5) is 0 Å². The third-order valence-electron chi connectivity index (χ3n) is 3.39. The van der Waals surface area contributed by atoms with Gasteiger partial charge in [0.25, 0.3) is 0 Å². The Morgan fingerprint density at radius 1 is 1.41 bits per heavy atom. The SMILES string of the molecule is CCOc1ccc(C(Cl)C2CCCC2)c(Br)c1. The van der Waals surface area contributed by atoms with Crippen LogP contribution in [0.5, 0.6) is 5.75 Å². The van der Waals surface area contributed by atoms with Gasteiger partial charge in [-0.05, 0) is 43.4 Å². The molecule has 94 valence electrons. The summed E-state index contributed by atoms with van der Waals surface area (Å²) in [7, 11) is 0. The molecule has 0 radical (unpaired) electrons. The number of halogens is 2. The maximum absolute atomic E-state index is 6.58. The molecule has 0 N–H and O–H groups in total. The average Bonchev–Trinajstić information content (AvgIpc) is 2.82. The lowest BCUT2D eigenvalue weighted by Gasteiger charge is -2.19. The molecular formula is C14H18BrClO. The smallest absolute Gasteiger partial charge is 0.120 e. The third-order valence-corrected chi connectivity index (χ3v) is 4.67. The van der Waals surface area contributed by atoms with Crippen molar-refractivity contribution in [2.24, 2.45) is 5.92 Å². The second-order valence-corrected chi connectivity index (χ2v) is 5.89. The first-order valence-electron chi connectivity index (χ1n) is 6.28. The minimum absolute atomic E-state index is 0.127. The van der Waals surface area contributed by atoms with Crippen LogP contribution in [0.25, 0.3) is 0 Å². The number of rotatable bonds is 4. The average molecular weight is 318 g/mol. The fourth-order valence-electron chi connectivity index (χ4n) is 2.49. The van der Waals surface area contributed by atoms with Gasteiger partial charge in [0.05, 0.1) is 12.0 Å². The fourth-order valence-corrected chi connectivity index (χ4v) is 3.67. The molecule has 0 bridgehead atoms. The Morgan fingerprint density at radius 2 is 2.12 bits per heavy atom. The second kappa shape index (κ2) is 6.10. The Labute approximate surface area is 117 Å². The van der Waals surface area contributed by atoms with E-state index in [1.54, 1.807) is 0 Å². The van der Waals surface area contributed by atoms with Crippen molar-refractivity contribution in [2.75, 3.05) is 6.61 Å². The van der Waals surface area contributed by atoms with Crippen molar-refractivity contribution in [3.63, 3.8) is 0 Å². The van der Waals surface area contributed by atoms with Gasteiger partial charge in [0.2, 0.25) is 0 Å². The molecule has 0 heterocycles. The van der Waals surface area contributed by atoms with Gasteiger partial charge in [0.1, 0.15) is 5.75 Å². The lowest BCUT2D eigenvalue weighted by molar-refractivity contribution is 0.340. The van der Waals surface area contributed by atoms with E-state index in [2.05, 4.69) is 22.0 Å². The number of hydrogen-bond acceptors (Lipinski definition) is 1. The summed E-state index contributed by atoms with van der Waals surface area (Å²) in [6.45, 7) is 2.68. The van der Waals surface area contributed by atoms with Crippen LogP contribution >= 0.6 is 27.5 Å². The summed E-state index contributed by atoms with van der Waals surface area (Å²) >= 11 is 10.2. The molecule has 0 spiro atoms. The minimum Gasteiger partial charge on any atom is -0.494 e. The monoisotopic (exact) mass is 316 g/mol. The van der Waals surface area contributed by atoms with Crippen LogP contribution in [-0.2, 0) is 0 Å². The fraction of sp³-hybridized carbons (Fsp3) is 0.571. The van der Waals surface area contributed by atoms with E-state index in [0.29, 0.717) is 12.5 Å². The van der Waals surface area contributed by atoms with Crippen LogP contribution in [0.3, 0.4) is 0 Å². The van der Waals surface area contributed by atoms with E-state index in [1.165, 1.54) is 31.2 Å². The molecule has 1 nitrogen and oxygen atoms in total. The van der Waals surface area contributed by atoms with Crippen LogP contribution in [-0.4, -0.2) is 6.61 Å². The Hall–Kier alpha value is -0.210. The van der Waals surface area contributed by atoms with Crippen molar-refractivity contribution in [1.29, 1.82) is 0 Å². The number of ether oxygens (including phenoxy) is 1. The zero-order valence-corrected chi connectivity index (χ0v) is 12.4. The first-order valence-corrected chi connectivity index (χ1v) is 7.51. The van der Waals surface area contributed by atoms with Crippen molar-refractivity contribution in [2.45, 2.75) is 38.0 Å². The Morgan fingerprint density at radius 3 is 2.71 bits per heavy atom. The van der Waals surface area contributed by atoms with Gasteiger partial charge in [0.15, 0.2) is 0 Å². The summed E-state index contributed by atoms with van der Waals surface area (Å²) in [5, 5.41) is 0.127. The lowest BCUT2D eigenvalue weighted by atomic mass is 9.97. The molecule has 1 fully saturated rings. The van der Waals surface area contributed by atoms with Gasteiger partial charge in [-0.2, -0.15) is 0 Å². The first kappa shape index (κ1) is 13.2. The molecular weight excluding hydrogens is 300 g/mol. The van der Waals surface area contributed by atoms with Gasteiger partial charge in [-0.15, -0.1) is 11.6 Å². The molecule has 17 heavy (non-hydrogen) atoms. The summed E-state index contributed by atoms with van der Waals surface area (Å²) < 4.78 is 6.54. The van der Waals surface area contributed by atoms with Crippen molar-refractivity contribution in [3.8, 4) is 5.75 Å². The molecule has 1 aromatic rings. The zero-order chi connectivity index (χ0) is 12.3. The van der Waals surface area contributed by atoms with Crippen LogP contribution in [0.15, 0.2) is 22.7 Å². The van der Waals surface area contributed by atoms with Gasteiger partial charge in [-0.1, -0.05) is 34.8 Å². The van der Waals surface area contributed by atoms with Crippen molar-refractivity contribution >= 4 is 27.5 Å². The van der Waals surface area contributed by atoms with E-state index in [-0.39, 0.29) is 5.38 Å². The normalized spacial score (nSPS) is 18.3. The molecule has 3 heteroatoms. The molecule has 2 rings (SSSR count). The predicted octanol–water partition coefficient (Wildman–Crippen LogP) is 5.32. The van der Waals surface area contributed by atoms with E-state index in [1.807, 2.05) is 19.1 Å². The molecule has 0 aromatic heterocycles. The summed E-state index contributed by atoms with van der Waals surface area (Å²) in [5.41, 5.74) is 1.20. The zero-order valence-electron chi connectivity index (χ0n) is 10.1. The molecule has 0 saturated heterocycles. The van der Waals surface area contributed by atoms with E-state index in [0.717, 1.165) is 10.2 Å². The summed E-state index contributed by atoms with van der Waals surface area (Å²) in [6.07, 6.45) is 5.16. The number of hydrogen-bond donors (Lipinski definition) is 0. The van der Waals surface area contributed by atoms with Gasteiger partial charge >= 0.3 is 0 Å². The lowest BCUT2D eigenvalue weighted by Crippen LogP contribution is -2.04. The molecule has 1 aliphatic rings. The largest absolute Gasteiger partial charge is 0.494 e. The summed E-state index contributed by atoms with van der Waals surface area (Å²) in [4.78, 5) is 0. The number of benzene rings is 1. The highest BCUT2D eigenvalue weighted by Gasteiger charge is 2.25. The highest BCUT2D eigenvalue weighted by atomic mass is 79.9. The van der Waals surface area contributed by atoms with E-state index < -0.39 is 0 Å². The van der Waals surface area contributed by atoms with Crippen molar-refractivity contribution in [1.82, 2.24) is 0 Å². The van der Waals surface area contributed by atoms with Gasteiger partial charge in [-0.25, -0.2) is 0 Å². The summed E-state index contributed by atoms with van der Waals surface area (Å²) in [6, 6.07) is 6.11.